The zero-order valence-corrected chi connectivity index (χ0v) is 9.63. The molecule has 0 aliphatic rings. The first-order valence-electron chi connectivity index (χ1n) is 3.48. The molecule has 5 nitrogen and oxygen atoms in total. The standard InChI is InChI=1S/C7H8BrNO4S/c1-12-7-3-2-5(4-6(7)8)13-14(9,10)11/h2-4H,1H3,(H2,9,10,11). The van der Waals surface area contributed by atoms with E-state index < -0.39 is 10.3 Å². The van der Waals surface area contributed by atoms with Gasteiger partial charge in [-0.05, 0) is 34.1 Å². The van der Waals surface area contributed by atoms with Crippen molar-refractivity contribution in [1.82, 2.24) is 0 Å². The molecule has 0 fully saturated rings. The first kappa shape index (κ1) is 11.3. The lowest BCUT2D eigenvalue weighted by molar-refractivity contribution is 0.411. The Labute approximate surface area is 90.2 Å². The van der Waals surface area contributed by atoms with E-state index in [0.29, 0.717) is 10.2 Å². The SMILES string of the molecule is COc1ccc(OS(N)(=O)=O)cc1Br. The van der Waals surface area contributed by atoms with E-state index in [1.165, 1.54) is 19.2 Å². The van der Waals surface area contributed by atoms with Gasteiger partial charge >= 0.3 is 10.3 Å². The van der Waals surface area contributed by atoms with Crippen LogP contribution < -0.4 is 14.1 Å². The van der Waals surface area contributed by atoms with Crippen LogP contribution in [0.25, 0.3) is 0 Å². The number of rotatable bonds is 3. The average Bonchev–Trinajstić information content (AvgIpc) is 2.01. The minimum Gasteiger partial charge on any atom is -0.496 e. The number of halogens is 1. The number of hydrogen-bond acceptors (Lipinski definition) is 4. The second-order valence-corrected chi connectivity index (χ2v) is 4.38. The van der Waals surface area contributed by atoms with Crippen LogP contribution in [0.1, 0.15) is 0 Å². The summed E-state index contributed by atoms with van der Waals surface area (Å²) < 4.78 is 31.1. The van der Waals surface area contributed by atoms with Crippen molar-refractivity contribution in [2.24, 2.45) is 5.14 Å². The third-order valence-corrected chi connectivity index (χ3v) is 2.38. The van der Waals surface area contributed by atoms with Gasteiger partial charge in [0.1, 0.15) is 11.5 Å². The molecule has 0 amide bonds. The molecular formula is C7H8BrNO4S. The molecule has 1 rings (SSSR count). The Morgan fingerprint density at radius 1 is 1.43 bits per heavy atom. The number of nitrogens with two attached hydrogens (primary N) is 1. The highest BCUT2D eigenvalue weighted by atomic mass is 79.9. The van der Waals surface area contributed by atoms with Crippen molar-refractivity contribution < 1.29 is 17.3 Å². The Bertz CT molecular complexity index is 431. The Morgan fingerprint density at radius 3 is 2.50 bits per heavy atom. The summed E-state index contributed by atoms with van der Waals surface area (Å²) in [6, 6.07) is 4.45. The van der Waals surface area contributed by atoms with Crippen molar-refractivity contribution in [3.63, 3.8) is 0 Å². The van der Waals surface area contributed by atoms with E-state index in [1.54, 1.807) is 6.07 Å². The summed E-state index contributed by atoms with van der Waals surface area (Å²) in [5, 5.41) is 4.69. The van der Waals surface area contributed by atoms with Gasteiger partial charge < -0.3 is 8.92 Å². The van der Waals surface area contributed by atoms with Crippen LogP contribution in [0.5, 0.6) is 11.5 Å². The van der Waals surface area contributed by atoms with E-state index in [1.807, 2.05) is 0 Å². The van der Waals surface area contributed by atoms with Gasteiger partial charge in [0.15, 0.2) is 0 Å². The van der Waals surface area contributed by atoms with E-state index in [0.717, 1.165) is 0 Å². The first-order chi connectivity index (χ1) is 6.42. The minimum atomic E-state index is -3.98. The number of ether oxygens (including phenoxy) is 1. The summed E-state index contributed by atoms with van der Waals surface area (Å²) in [4.78, 5) is 0. The molecule has 0 atom stereocenters. The Kier molecular flexibility index (Phi) is 3.35. The third kappa shape index (κ3) is 3.17. The predicted octanol–water partition coefficient (Wildman–Crippen LogP) is 1.04. The van der Waals surface area contributed by atoms with Crippen LogP contribution in [0.4, 0.5) is 0 Å². The van der Waals surface area contributed by atoms with Gasteiger partial charge in [0.25, 0.3) is 0 Å². The van der Waals surface area contributed by atoms with E-state index in [9.17, 15) is 8.42 Å². The molecule has 0 spiro atoms. The summed E-state index contributed by atoms with van der Waals surface area (Å²) in [6.07, 6.45) is 0. The minimum absolute atomic E-state index is 0.125. The summed E-state index contributed by atoms with van der Waals surface area (Å²) in [7, 11) is -2.47. The lowest BCUT2D eigenvalue weighted by Gasteiger charge is -2.05. The molecule has 0 radical (unpaired) electrons. The van der Waals surface area contributed by atoms with Crippen molar-refractivity contribution in [2.75, 3.05) is 7.11 Å². The fourth-order valence-electron chi connectivity index (χ4n) is 0.833. The molecule has 0 aliphatic carbocycles. The fourth-order valence-corrected chi connectivity index (χ4v) is 1.72. The van der Waals surface area contributed by atoms with Crippen LogP contribution in [0, 0.1) is 0 Å². The summed E-state index contributed by atoms with van der Waals surface area (Å²) in [6.45, 7) is 0. The molecule has 0 bridgehead atoms. The van der Waals surface area contributed by atoms with Crippen molar-refractivity contribution in [3.8, 4) is 11.5 Å². The molecule has 1 aromatic carbocycles. The molecular weight excluding hydrogens is 274 g/mol. The van der Waals surface area contributed by atoms with Crippen molar-refractivity contribution in [3.05, 3.63) is 22.7 Å². The van der Waals surface area contributed by atoms with Gasteiger partial charge in [0.2, 0.25) is 0 Å². The Morgan fingerprint density at radius 2 is 2.07 bits per heavy atom. The summed E-state index contributed by atoms with van der Waals surface area (Å²) >= 11 is 3.17. The van der Waals surface area contributed by atoms with Crippen molar-refractivity contribution in [1.29, 1.82) is 0 Å². The molecule has 0 heterocycles. The maximum absolute atomic E-state index is 10.6. The summed E-state index contributed by atoms with van der Waals surface area (Å²) in [5.74, 6) is 0.701. The molecule has 2 N–H and O–H groups in total. The third-order valence-electron chi connectivity index (χ3n) is 1.34. The lowest BCUT2D eigenvalue weighted by Crippen LogP contribution is -2.18. The van der Waals surface area contributed by atoms with Crippen LogP contribution in [-0.4, -0.2) is 15.5 Å². The van der Waals surface area contributed by atoms with E-state index in [-0.39, 0.29) is 5.75 Å². The highest BCUT2D eigenvalue weighted by Crippen LogP contribution is 2.29. The zero-order chi connectivity index (χ0) is 10.8. The van der Waals surface area contributed by atoms with Gasteiger partial charge in [0, 0.05) is 0 Å². The highest BCUT2D eigenvalue weighted by molar-refractivity contribution is 9.10. The van der Waals surface area contributed by atoms with Gasteiger partial charge in [-0.3, -0.25) is 0 Å². The second-order valence-electron chi connectivity index (χ2n) is 2.37. The first-order valence-corrected chi connectivity index (χ1v) is 5.74. The highest BCUT2D eigenvalue weighted by Gasteiger charge is 2.07. The molecule has 14 heavy (non-hydrogen) atoms. The lowest BCUT2D eigenvalue weighted by atomic mass is 10.3. The maximum Gasteiger partial charge on any atom is 0.380 e. The van der Waals surface area contributed by atoms with Crippen LogP contribution in [-0.2, 0) is 10.3 Å². The largest absolute Gasteiger partial charge is 0.496 e. The quantitative estimate of drug-likeness (QED) is 0.898. The van der Waals surface area contributed by atoms with Gasteiger partial charge in [-0.2, -0.15) is 13.6 Å². The van der Waals surface area contributed by atoms with Gasteiger partial charge in [-0.25, -0.2) is 0 Å². The molecule has 0 saturated heterocycles. The van der Waals surface area contributed by atoms with E-state index in [2.05, 4.69) is 20.1 Å². The number of benzene rings is 1. The number of methoxy groups -OCH3 is 1. The van der Waals surface area contributed by atoms with Crippen LogP contribution in [0.2, 0.25) is 0 Å². The van der Waals surface area contributed by atoms with Gasteiger partial charge in [-0.15, -0.1) is 0 Å². The molecule has 1 aromatic rings. The van der Waals surface area contributed by atoms with Crippen molar-refractivity contribution >= 4 is 26.2 Å². The number of hydrogen-bond donors (Lipinski definition) is 1. The van der Waals surface area contributed by atoms with Gasteiger partial charge in [0.05, 0.1) is 11.6 Å². The maximum atomic E-state index is 10.6. The molecule has 0 unspecified atom stereocenters. The van der Waals surface area contributed by atoms with Crippen LogP contribution >= 0.6 is 15.9 Å². The van der Waals surface area contributed by atoms with Crippen molar-refractivity contribution in [2.45, 2.75) is 0 Å². The second kappa shape index (κ2) is 4.16. The monoisotopic (exact) mass is 281 g/mol. The summed E-state index contributed by atoms with van der Waals surface area (Å²) in [5.41, 5.74) is 0. The van der Waals surface area contributed by atoms with E-state index >= 15 is 0 Å². The molecule has 0 aliphatic heterocycles. The smallest absolute Gasteiger partial charge is 0.380 e. The predicted molar refractivity (Wildman–Crippen MR) is 54.4 cm³/mol. The molecule has 0 aromatic heterocycles. The zero-order valence-electron chi connectivity index (χ0n) is 7.23. The Balaban J connectivity index is 2.98. The normalized spacial score (nSPS) is 11.1. The molecule has 78 valence electrons. The van der Waals surface area contributed by atoms with Crippen LogP contribution in [0.3, 0.4) is 0 Å². The molecule has 0 saturated carbocycles. The topological polar surface area (TPSA) is 78.6 Å². The molecule has 7 heteroatoms. The van der Waals surface area contributed by atoms with E-state index in [4.69, 9.17) is 9.88 Å². The van der Waals surface area contributed by atoms with Crippen LogP contribution in [0.15, 0.2) is 22.7 Å². The van der Waals surface area contributed by atoms with Gasteiger partial charge in [-0.1, -0.05) is 0 Å². The Hall–Kier alpha value is -0.790. The average molecular weight is 282 g/mol. The fraction of sp³-hybridized carbons (Fsp3) is 0.143.